The molecule has 1 aliphatic carbocycles. The number of hydrogen-bond donors (Lipinski definition) is 1. The number of anilines is 1. The fourth-order valence-corrected chi connectivity index (χ4v) is 2.01. The molecule has 1 aromatic carbocycles. The van der Waals surface area contributed by atoms with Crippen LogP contribution < -0.4 is 4.90 Å². The average molecular weight is 233 g/mol. The van der Waals surface area contributed by atoms with Gasteiger partial charge >= 0.3 is 5.97 Å². The van der Waals surface area contributed by atoms with Crippen molar-refractivity contribution < 1.29 is 14.7 Å². The number of carbonyl (C=O) groups is 2. The van der Waals surface area contributed by atoms with Crippen molar-refractivity contribution >= 4 is 17.6 Å². The van der Waals surface area contributed by atoms with Gasteiger partial charge in [0.25, 0.3) is 0 Å². The van der Waals surface area contributed by atoms with Crippen molar-refractivity contribution in [1.82, 2.24) is 0 Å². The van der Waals surface area contributed by atoms with Gasteiger partial charge in [-0.2, -0.15) is 0 Å². The molecule has 1 N–H and O–H groups in total. The predicted molar refractivity (Wildman–Crippen MR) is 63.7 cm³/mol. The van der Waals surface area contributed by atoms with E-state index in [1.54, 1.807) is 4.90 Å². The minimum absolute atomic E-state index is 0.0777. The van der Waals surface area contributed by atoms with Gasteiger partial charge in [-0.25, -0.2) is 0 Å². The Hall–Kier alpha value is -1.84. The molecular formula is C13H15NO3. The van der Waals surface area contributed by atoms with Crippen molar-refractivity contribution in [2.45, 2.75) is 13.3 Å². The lowest BCUT2D eigenvalue weighted by molar-refractivity contribution is -0.140. The van der Waals surface area contributed by atoms with E-state index in [0.29, 0.717) is 13.0 Å². The van der Waals surface area contributed by atoms with Gasteiger partial charge in [0.1, 0.15) is 0 Å². The van der Waals surface area contributed by atoms with Gasteiger partial charge in [-0.15, -0.1) is 0 Å². The molecule has 1 fully saturated rings. The molecule has 0 saturated heterocycles. The van der Waals surface area contributed by atoms with E-state index in [-0.39, 0.29) is 11.8 Å². The maximum Gasteiger partial charge on any atom is 0.307 e. The first-order valence-corrected chi connectivity index (χ1v) is 5.74. The maximum absolute atomic E-state index is 12.1. The largest absolute Gasteiger partial charge is 0.481 e. The van der Waals surface area contributed by atoms with Crippen LogP contribution in [0.4, 0.5) is 5.69 Å². The molecule has 0 radical (unpaired) electrons. The Bertz CT molecular complexity index is 430. The van der Waals surface area contributed by atoms with Gasteiger partial charge in [-0.05, 0) is 25.5 Å². The van der Waals surface area contributed by atoms with Crippen LogP contribution in [0.5, 0.6) is 0 Å². The van der Waals surface area contributed by atoms with Crippen molar-refractivity contribution in [1.29, 1.82) is 0 Å². The van der Waals surface area contributed by atoms with E-state index in [1.807, 2.05) is 37.3 Å². The van der Waals surface area contributed by atoms with E-state index in [4.69, 9.17) is 5.11 Å². The van der Waals surface area contributed by atoms with Crippen LogP contribution in [0, 0.1) is 11.8 Å². The quantitative estimate of drug-likeness (QED) is 0.862. The van der Waals surface area contributed by atoms with Crippen molar-refractivity contribution in [3.63, 3.8) is 0 Å². The monoisotopic (exact) mass is 233 g/mol. The van der Waals surface area contributed by atoms with Gasteiger partial charge in [-0.3, -0.25) is 9.59 Å². The van der Waals surface area contributed by atoms with Crippen LogP contribution in [0.25, 0.3) is 0 Å². The molecule has 0 bridgehead atoms. The van der Waals surface area contributed by atoms with Crippen molar-refractivity contribution in [3.05, 3.63) is 30.3 Å². The molecule has 1 saturated carbocycles. The summed E-state index contributed by atoms with van der Waals surface area (Å²) in [7, 11) is 0. The van der Waals surface area contributed by atoms with E-state index >= 15 is 0 Å². The minimum Gasteiger partial charge on any atom is -0.481 e. The smallest absolute Gasteiger partial charge is 0.307 e. The Kier molecular flexibility index (Phi) is 3.13. The number of aliphatic carboxylic acids is 1. The number of nitrogens with zero attached hydrogens (tertiary/aromatic N) is 1. The molecule has 0 spiro atoms. The van der Waals surface area contributed by atoms with E-state index in [1.165, 1.54) is 0 Å². The van der Waals surface area contributed by atoms with Crippen molar-refractivity contribution in [3.8, 4) is 0 Å². The summed E-state index contributed by atoms with van der Waals surface area (Å²) in [6.45, 7) is 2.45. The first-order valence-electron chi connectivity index (χ1n) is 5.74. The summed E-state index contributed by atoms with van der Waals surface area (Å²) in [6, 6.07) is 9.35. The van der Waals surface area contributed by atoms with E-state index in [0.717, 1.165) is 5.69 Å². The first kappa shape index (κ1) is 11.6. The number of hydrogen-bond acceptors (Lipinski definition) is 2. The molecule has 90 valence electrons. The van der Waals surface area contributed by atoms with Crippen LogP contribution in [-0.4, -0.2) is 23.5 Å². The lowest BCUT2D eigenvalue weighted by Crippen LogP contribution is -2.32. The van der Waals surface area contributed by atoms with Crippen LogP contribution in [0.2, 0.25) is 0 Å². The Morgan fingerprint density at radius 3 is 2.41 bits per heavy atom. The standard InChI is InChI=1S/C13H15NO3/c1-2-14(9-6-4-3-5-7-9)12(15)10-8-11(10)13(16)17/h3-7,10-11H,2,8H2,1H3,(H,16,17). The first-order chi connectivity index (χ1) is 8.15. The van der Waals surface area contributed by atoms with Gasteiger partial charge in [0.15, 0.2) is 0 Å². The molecular weight excluding hydrogens is 218 g/mol. The summed E-state index contributed by atoms with van der Waals surface area (Å²) in [5, 5.41) is 8.83. The van der Waals surface area contributed by atoms with E-state index in [2.05, 4.69) is 0 Å². The molecule has 2 atom stereocenters. The van der Waals surface area contributed by atoms with Crippen LogP contribution in [0.3, 0.4) is 0 Å². The fraction of sp³-hybridized carbons (Fsp3) is 0.385. The summed E-state index contributed by atoms with van der Waals surface area (Å²) in [5.41, 5.74) is 0.830. The normalized spacial score (nSPS) is 21.9. The van der Waals surface area contributed by atoms with Gasteiger partial charge in [0, 0.05) is 12.2 Å². The predicted octanol–water partition coefficient (Wildman–Crippen LogP) is 1.76. The highest BCUT2D eigenvalue weighted by Crippen LogP contribution is 2.40. The topological polar surface area (TPSA) is 57.6 Å². The molecule has 0 aliphatic heterocycles. The molecule has 1 aromatic rings. The molecule has 4 nitrogen and oxygen atoms in total. The van der Waals surface area contributed by atoms with E-state index in [9.17, 15) is 9.59 Å². The number of carboxylic acids is 1. The van der Waals surface area contributed by atoms with Crippen LogP contribution in [0.15, 0.2) is 30.3 Å². The summed E-state index contributed by atoms with van der Waals surface area (Å²) >= 11 is 0. The van der Waals surface area contributed by atoms with Crippen molar-refractivity contribution in [2.24, 2.45) is 11.8 Å². The Morgan fingerprint density at radius 1 is 1.29 bits per heavy atom. The van der Waals surface area contributed by atoms with Crippen LogP contribution in [0.1, 0.15) is 13.3 Å². The SMILES string of the molecule is CCN(C(=O)C1CC1C(=O)O)c1ccccc1. The molecule has 1 aliphatic rings. The zero-order chi connectivity index (χ0) is 12.4. The maximum atomic E-state index is 12.1. The highest BCUT2D eigenvalue weighted by Gasteiger charge is 2.49. The van der Waals surface area contributed by atoms with Crippen LogP contribution >= 0.6 is 0 Å². The number of para-hydroxylation sites is 1. The second kappa shape index (κ2) is 4.57. The summed E-state index contributed by atoms with van der Waals surface area (Å²) in [4.78, 5) is 24.5. The average Bonchev–Trinajstić information content (AvgIpc) is 3.11. The second-order valence-electron chi connectivity index (χ2n) is 4.20. The molecule has 0 heterocycles. The Morgan fingerprint density at radius 2 is 1.94 bits per heavy atom. The number of carboxylic acid groups (broad SMARTS) is 1. The zero-order valence-corrected chi connectivity index (χ0v) is 9.67. The molecule has 1 amide bonds. The summed E-state index contributed by atoms with van der Waals surface area (Å²) < 4.78 is 0. The highest BCUT2D eigenvalue weighted by molar-refractivity contribution is 6.00. The minimum atomic E-state index is -0.868. The summed E-state index contributed by atoms with van der Waals surface area (Å²) in [6.07, 6.45) is 0.470. The zero-order valence-electron chi connectivity index (χ0n) is 9.67. The molecule has 2 rings (SSSR count). The number of benzene rings is 1. The molecule has 17 heavy (non-hydrogen) atoms. The van der Waals surface area contributed by atoms with Crippen LogP contribution in [-0.2, 0) is 9.59 Å². The van der Waals surface area contributed by atoms with Gasteiger partial charge in [0.2, 0.25) is 5.91 Å². The lowest BCUT2D eigenvalue weighted by atomic mass is 10.2. The third-order valence-electron chi connectivity index (χ3n) is 3.07. The third-order valence-corrected chi connectivity index (χ3v) is 3.07. The van der Waals surface area contributed by atoms with Gasteiger partial charge in [-0.1, -0.05) is 18.2 Å². The third kappa shape index (κ3) is 2.30. The second-order valence-corrected chi connectivity index (χ2v) is 4.20. The van der Waals surface area contributed by atoms with Crippen molar-refractivity contribution in [2.75, 3.05) is 11.4 Å². The number of rotatable bonds is 4. The van der Waals surface area contributed by atoms with Gasteiger partial charge < -0.3 is 10.0 Å². The summed E-state index contributed by atoms with van der Waals surface area (Å²) in [5.74, 6) is -1.77. The van der Waals surface area contributed by atoms with Gasteiger partial charge in [0.05, 0.1) is 11.8 Å². The highest BCUT2D eigenvalue weighted by atomic mass is 16.4. The fourth-order valence-electron chi connectivity index (χ4n) is 2.01. The van der Waals surface area contributed by atoms with E-state index < -0.39 is 11.9 Å². The Balaban J connectivity index is 2.10. The lowest BCUT2D eigenvalue weighted by Gasteiger charge is -2.20. The molecule has 2 unspecified atom stereocenters. The number of amides is 1. The Labute approximate surface area is 99.9 Å². The molecule has 0 aromatic heterocycles. The number of carbonyl (C=O) groups excluding carboxylic acids is 1. The molecule has 4 heteroatoms.